The lowest BCUT2D eigenvalue weighted by Crippen LogP contribution is -2.02. The number of carbonyl (C=O) groups excluding carboxylic acids is 1. The fourth-order valence-electron chi connectivity index (χ4n) is 1.55. The molecule has 0 saturated heterocycles. The summed E-state index contributed by atoms with van der Waals surface area (Å²) in [6.45, 7) is 1.89. The molecule has 0 unspecified atom stereocenters. The van der Waals surface area contributed by atoms with Crippen molar-refractivity contribution < 1.29 is 4.79 Å². The Morgan fingerprint density at radius 1 is 1.36 bits per heavy atom. The third-order valence-electron chi connectivity index (χ3n) is 2.13. The fraction of sp³-hybridized carbons (Fsp3) is 0.154. The molecule has 2 radical (unpaired) electrons. The highest BCUT2D eigenvalue weighted by molar-refractivity contribution is 5.98. The van der Waals surface area contributed by atoms with E-state index in [0.29, 0.717) is 6.42 Å². The molecule has 14 heavy (non-hydrogen) atoms. The highest BCUT2D eigenvalue weighted by atomic mass is 16.1. The van der Waals surface area contributed by atoms with E-state index >= 15 is 0 Å². The normalized spacial score (nSPS) is 16.2. The Morgan fingerprint density at radius 3 is 2.86 bits per heavy atom. The van der Waals surface area contributed by atoms with Gasteiger partial charge in [0.1, 0.15) is 0 Å². The Labute approximate surface area is 83.8 Å². The number of ketones is 1. The van der Waals surface area contributed by atoms with Gasteiger partial charge in [-0.15, -0.1) is 0 Å². The van der Waals surface area contributed by atoms with Gasteiger partial charge in [-0.1, -0.05) is 30.3 Å². The summed E-state index contributed by atoms with van der Waals surface area (Å²) >= 11 is 0. The van der Waals surface area contributed by atoms with Crippen molar-refractivity contribution in [3.63, 3.8) is 0 Å². The largest absolute Gasteiger partial charge is 0.294 e. The van der Waals surface area contributed by atoms with Gasteiger partial charge in [-0.25, -0.2) is 0 Å². The van der Waals surface area contributed by atoms with Crippen LogP contribution in [0.15, 0.2) is 35.9 Å². The SMILES string of the molecule is CC1=[C]C(=O)CC(c2[c]cccc2)=C1. The predicted octanol–water partition coefficient (Wildman–Crippen LogP) is 2.59. The van der Waals surface area contributed by atoms with Gasteiger partial charge in [0.25, 0.3) is 0 Å². The van der Waals surface area contributed by atoms with Gasteiger partial charge in [0.05, 0.1) is 0 Å². The van der Waals surface area contributed by atoms with E-state index in [-0.39, 0.29) is 5.78 Å². The highest BCUT2D eigenvalue weighted by Crippen LogP contribution is 2.23. The molecule has 0 fully saturated rings. The van der Waals surface area contributed by atoms with Crippen LogP contribution < -0.4 is 0 Å². The van der Waals surface area contributed by atoms with Gasteiger partial charge in [0.15, 0.2) is 5.78 Å². The molecule has 68 valence electrons. The minimum atomic E-state index is 0.0530. The summed E-state index contributed by atoms with van der Waals surface area (Å²) < 4.78 is 0. The van der Waals surface area contributed by atoms with E-state index in [9.17, 15) is 4.79 Å². The third-order valence-corrected chi connectivity index (χ3v) is 2.13. The van der Waals surface area contributed by atoms with Gasteiger partial charge in [-0.2, -0.15) is 0 Å². The molecule has 0 aromatic heterocycles. The maximum absolute atomic E-state index is 11.3. The average molecular weight is 182 g/mol. The summed E-state index contributed by atoms with van der Waals surface area (Å²) in [6, 6.07) is 10.8. The summed E-state index contributed by atoms with van der Waals surface area (Å²) in [5, 5.41) is 0. The smallest absolute Gasteiger partial charge is 0.168 e. The maximum atomic E-state index is 11.3. The summed E-state index contributed by atoms with van der Waals surface area (Å²) in [7, 11) is 0. The van der Waals surface area contributed by atoms with Crippen LogP contribution in [0, 0.1) is 12.1 Å². The molecular formula is C13H10O. The van der Waals surface area contributed by atoms with E-state index in [1.807, 2.05) is 37.3 Å². The molecule has 0 amide bonds. The molecule has 0 N–H and O–H groups in total. The monoisotopic (exact) mass is 182 g/mol. The van der Waals surface area contributed by atoms with Crippen LogP contribution in [-0.2, 0) is 4.79 Å². The first-order valence-corrected chi connectivity index (χ1v) is 4.57. The Hall–Kier alpha value is -1.63. The lowest BCUT2D eigenvalue weighted by molar-refractivity contribution is -0.114. The molecule has 1 aromatic rings. The van der Waals surface area contributed by atoms with Crippen molar-refractivity contribution in [2.45, 2.75) is 13.3 Å². The first kappa shape index (κ1) is 8.95. The Morgan fingerprint density at radius 2 is 2.21 bits per heavy atom. The van der Waals surface area contributed by atoms with Gasteiger partial charge in [-0.3, -0.25) is 4.79 Å². The lowest BCUT2D eigenvalue weighted by Gasteiger charge is -2.09. The molecule has 0 atom stereocenters. The zero-order valence-corrected chi connectivity index (χ0v) is 8.00. The van der Waals surface area contributed by atoms with E-state index < -0.39 is 0 Å². The molecule has 1 aromatic carbocycles. The molecule has 1 aliphatic carbocycles. The standard InChI is InChI=1S/C13H10O/c1-10-7-12(9-13(14)8-10)11-5-3-2-4-6-11/h2-5,7H,9H2,1H3. The Bertz CT molecular complexity index is 410. The number of allylic oxidation sites excluding steroid dienone is 4. The van der Waals surface area contributed by atoms with E-state index in [1.54, 1.807) is 0 Å². The van der Waals surface area contributed by atoms with Crippen LogP contribution in [0.5, 0.6) is 0 Å². The fourth-order valence-corrected chi connectivity index (χ4v) is 1.55. The molecule has 0 aliphatic heterocycles. The highest BCUT2D eigenvalue weighted by Gasteiger charge is 2.11. The van der Waals surface area contributed by atoms with Gasteiger partial charge in [-0.05, 0) is 29.7 Å². The molecule has 0 heterocycles. The van der Waals surface area contributed by atoms with E-state index in [1.165, 1.54) is 0 Å². The molecule has 1 aliphatic rings. The number of carbonyl (C=O) groups is 1. The second-order valence-corrected chi connectivity index (χ2v) is 3.35. The van der Waals surface area contributed by atoms with Crippen molar-refractivity contribution in [1.29, 1.82) is 0 Å². The van der Waals surface area contributed by atoms with Crippen LogP contribution in [0.3, 0.4) is 0 Å². The molecule has 0 bridgehead atoms. The number of hydrogen-bond donors (Lipinski definition) is 0. The zero-order valence-electron chi connectivity index (χ0n) is 8.00. The molecular weight excluding hydrogens is 172 g/mol. The van der Waals surface area contributed by atoms with Crippen molar-refractivity contribution in [1.82, 2.24) is 0 Å². The second kappa shape index (κ2) is 3.62. The quantitative estimate of drug-likeness (QED) is 0.652. The topological polar surface area (TPSA) is 17.1 Å². The number of benzene rings is 1. The zero-order chi connectivity index (χ0) is 9.97. The summed E-state index contributed by atoms with van der Waals surface area (Å²) in [4.78, 5) is 11.3. The number of Topliss-reactive ketones (excluding diaryl/α,β-unsaturated/α-hetero) is 1. The van der Waals surface area contributed by atoms with Crippen LogP contribution in [0.1, 0.15) is 18.9 Å². The van der Waals surface area contributed by atoms with Gasteiger partial charge in [0.2, 0.25) is 0 Å². The van der Waals surface area contributed by atoms with Crippen molar-refractivity contribution in [3.8, 4) is 0 Å². The predicted molar refractivity (Wildman–Crippen MR) is 55.3 cm³/mol. The average Bonchev–Trinajstić information content (AvgIpc) is 2.18. The molecule has 0 spiro atoms. The van der Waals surface area contributed by atoms with Gasteiger partial charge < -0.3 is 0 Å². The number of hydrogen-bond acceptors (Lipinski definition) is 1. The Kier molecular flexibility index (Phi) is 2.32. The summed E-state index contributed by atoms with van der Waals surface area (Å²) in [5.41, 5.74) is 2.93. The molecule has 2 rings (SSSR count). The van der Waals surface area contributed by atoms with Crippen molar-refractivity contribution in [3.05, 3.63) is 53.6 Å². The van der Waals surface area contributed by atoms with Gasteiger partial charge >= 0.3 is 0 Å². The van der Waals surface area contributed by atoms with Crippen molar-refractivity contribution >= 4 is 11.4 Å². The number of rotatable bonds is 1. The second-order valence-electron chi connectivity index (χ2n) is 3.35. The van der Waals surface area contributed by atoms with E-state index in [2.05, 4.69) is 12.1 Å². The van der Waals surface area contributed by atoms with Crippen LogP contribution in [0.25, 0.3) is 5.57 Å². The van der Waals surface area contributed by atoms with E-state index in [4.69, 9.17) is 0 Å². The first-order chi connectivity index (χ1) is 6.75. The van der Waals surface area contributed by atoms with Crippen LogP contribution in [0.4, 0.5) is 0 Å². The van der Waals surface area contributed by atoms with Crippen LogP contribution >= 0.6 is 0 Å². The molecule has 0 saturated carbocycles. The van der Waals surface area contributed by atoms with Gasteiger partial charge in [0, 0.05) is 12.5 Å². The summed E-state index contributed by atoms with van der Waals surface area (Å²) in [6.07, 6.45) is 5.20. The lowest BCUT2D eigenvalue weighted by atomic mass is 9.94. The minimum absolute atomic E-state index is 0.0530. The van der Waals surface area contributed by atoms with Crippen LogP contribution in [0.2, 0.25) is 0 Å². The Balaban J connectivity index is 2.37. The minimum Gasteiger partial charge on any atom is -0.294 e. The van der Waals surface area contributed by atoms with Crippen molar-refractivity contribution in [2.75, 3.05) is 0 Å². The van der Waals surface area contributed by atoms with E-state index in [0.717, 1.165) is 16.7 Å². The van der Waals surface area contributed by atoms with Crippen LogP contribution in [-0.4, -0.2) is 5.78 Å². The van der Waals surface area contributed by atoms with Crippen molar-refractivity contribution in [2.24, 2.45) is 0 Å². The molecule has 1 heteroatoms. The molecule has 1 nitrogen and oxygen atoms in total. The third kappa shape index (κ3) is 1.82. The summed E-state index contributed by atoms with van der Waals surface area (Å²) in [5.74, 6) is 0.0530. The maximum Gasteiger partial charge on any atom is 0.168 e. The first-order valence-electron chi connectivity index (χ1n) is 4.57.